The van der Waals surface area contributed by atoms with Crippen LogP contribution >= 0.6 is 0 Å². The first-order valence-corrected chi connectivity index (χ1v) is 5.89. The Morgan fingerprint density at radius 1 is 1.44 bits per heavy atom. The first-order chi connectivity index (χ1) is 8.39. The normalized spacial score (nSPS) is 11.1. The van der Waals surface area contributed by atoms with E-state index in [1.54, 1.807) is 20.1 Å². The number of hydrogen-bond donors (Lipinski definition) is 1. The quantitative estimate of drug-likeness (QED) is 0.872. The van der Waals surface area contributed by atoms with Crippen LogP contribution in [0, 0.1) is 24.1 Å². The SMILES string of the molecule is COC(C)(C)CCNc1cc(C#N)cc(F)c1C. The van der Waals surface area contributed by atoms with Crippen LogP contribution in [0.2, 0.25) is 0 Å². The molecule has 1 rings (SSSR count). The van der Waals surface area contributed by atoms with E-state index in [1.165, 1.54) is 6.07 Å². The first kappa shape index (κ1) is 14.5. The second-order valence-corrected chi connectivity index (χ2v) is 4.88. The van der Waals surface area contributed by atoms with Crippen molar-refractivity contribution in [2.75, 3.05) is 19.0 Å². The van der Waals surface area contributed by atoms with Crippen LogP contribution in [0.25, 0.3) is 0 Å². The van der Waals surface area contributed by atoms with E-state index in [2.05, 4.69) is 5.32 Å². The molecular formula is C14H19FN2O. The zero-order chi connectivity index (χ0) is 13.8. The fourth-order valence-electron chi connectivity index (χ4n) is 1.53. The molecule has 0 saturated heterocycles. The maximum Gasteiger partial charge on any atom is 0.129 e. The Morgan fingerprint density at radius 2 is 2.11 bits per heavy atom. The third-order valence-electron chi connectivity index (χ3n) is 3.07. The predicted molar refractivity (Wildman–Crippen MR) is 70.0 cm³/mol. The van der Waals surface area contributed by atoms with E-state index in [1.807, 2.05) is 19.9 Å². The highest BCUT2D eigenvalue weighted by Crippen LogP contribution is 2.21. The average molecular weight is 250 g/mol. The highest BCUT2D eigenvalue weighted by Gasteiger charge is 2.16. The van der Waals surface area contributed by atoms with Gasteiger partial charge in [0.15, 0.2) is 0 Å². The third kappa shape index (κ3) is 3.71. The van der Waals surface area contributed by atoms with Crippen LogP contribution in [-0.2, 0) is 4.74 Å². The summed E-state index contributed by atoms with van der Waals surface area (Å²) in [4.78, 5) is 0. The number of nitriles is 1. The van der Waals surface area contributed by atoms with Crippen molar-refractivity contribution in [3.8, 4) is 6.07 Å². The lowest BCUT2D eigenvalue weighted by atomic mass is 10.0. The second-order valence-electron chi connectivity index (χ2n) is 4.88. The van der Waals surface area contributed by atoms with Gasteiger partial charge in [-0.3, -0.25) is 0 Å². The predicted octanol–water partition coefficient (Wildman–Crippen LogP) is 3.23. The number of anilines is 1. The van der Waals surface area contributed by atoms with Gasteiger partial charge in [-0.25, -0.2) is 4.39 Å². The number of methoxy groups -OCH3 is 1. The molecule has 0 heterocycles. The second kappa shape index (κ2) is 5.83. The summed E-state index contributed by atoms with van der Waals surface area (Å²) in [7, 11) is 1.67. The number of rotatable bonds is 5. The van der Waals surface area contributed by atoms with Crippen LogP contribution in [-0.4, -0.2) is 19.3 Å². The molecule has 0 fully saturated rings. The van der Waals surface area contributed by atoms with E-state index in [-0.39, 0.29) is 11.4 Å². The summed E-state index contributed by atoms with van der Waals surface area (Å²) in [6, 6.07) is 4.86. The number of halogens is 1. The van der Waals surface area contributed by atoms with Gasteiger partial charge in [0.1, 0.15) is 5.82 Å². The van der Waals surface area contributed by atoms with Gasteiger partial charge >= 0.3 is 0 Å². The monoisotopic (exact) mass is 250 g/mol. The average Bonchev–Trinajstić information content (AvgIpc) is 2.34. The Balaban J connectivity index is 2.74. The molecule has 1 N–H and O–H groups in total. The molecule has 1 aromatic rings. The molecule has 0 aliphatic rings. The van der Waals surface area contributed by atoms with Crippen molar-refractivity contribution < 1.29 is 9.13 Å². The Morgan fingerprint density at radius 3 is 2.67 bits per heavy atom. The molecule has 0 radical (unpaired) electrons. The van der Waals surface area contributed by atoms with Crippen LogP contribution in [0.15, 0.2) is 12.1 Å². The first-order valence-electron chi connectivity index (χ1n) is 5.89. The molecular weight excluding hydrogens is 231 g/mol. The minimum atomic E-state index is -0.359. The number of nitrogens with zero attached hydrogens (tertiary/aromatic N) is 1. The fraction of sp³-hybridized carbons (Fsp3) is 0.500. The van der Waals surface area contributed by atoms with Crippen LogP contribution in [0.3, 0.4) is 0 Å². The standard InChI is InChI=1S/C14H19FN2O/c1-10-12(15)7-11(9-16)8-13(10)17-6-5-14(2,3)18-4/h7-8,17H,5-6H2,1-4H3. The molecule has 0 bridgehead atoms. The Labute approximate surface area is 108 Å². The van der Waals surface area contributed by atoms with Crippen molar-refractivity contribution in [3.05, 3.63) is 29.1 Å². The highest BCUT2D eigenvalue weighted by molar-refractivity contribution is 5.55. The van der Waals surface area contributed by atoms with Crippen LogP contribution in [0.5, 0.6) is 0 Å². The zero-order valence-corrected chi connectivity index (χ0v) is 11.3. The van der Waals surface area contributed by atoms with Crippen molar-refractivity contribution in [2.45, 2.75) is 32.8 Å². The number of ether oxygens (including phenoxy) is 1. The molecule has 0 aromatic heterocycles. The molecule has 0 spiro atoms. The van der Waals surface area contributed by atoms with E-state index >= 15 is 0 Å². The van der Waals surface area contributed by atoms with Crippen LogP contribution in [0.4, 0.5) is 10.1 Å². The summed E-state index contributed by atoms with van der Waals surface area (Å²) in [5.74, 6) is -0.359. The summed E-state index contributed by atoms with van der Waals surface area (Å²) in [6.45, 7) is 6.35. The van der Waals surface area contributed by atoms with Gasteiger partial charge in [0.05, 0.1) is 17.2 Å². The van der Waals surface area contributed by atoms with Crippen LogP contribution in [0.1, 0.15) is 31.4 Å². The molecule has 0 amide bonds. The molecule has 98 valence electrons. The Kier molecular flexibility index (Phi) is 4.69. The lowest BCUT2D eigenvalue weighted by molar-refractivity contribution is 0.0185. The summed E-state index contributed by atoms with van der Waals surface area (Å²) in [5, 5.41) is 12.0. The summed E-state index contributed by atoms with van der Waals surface area (Å²) >= 11 is 0. The number of benzene rings is 1. The maximum absolute atomic E-state index is 13.5. The third-order valence-corrected chi connectivity index (χ3v) is 3.07. The molecule has 4 heteroatoms. The lowest BCUT2D eigenvalue weighted by Gasteiger charge is -2.23. The van der Waals surface area contributed by atoms with Crippen molar-refractivity contribution in [3.63, 3.8) is 0 Å². The summed E-state index contributed by atoms with van der Waals surface area (Å²) in [6.07, 6.45) is 0.793. The maximum atomic E-state index is 13.5. The van der Waals surface area contributed by atoms with Gasteiger partial charge < -0.3 is 10.1 Å². The Bertz CT molecular complexity index is 464. The molecule has 0 atom stereocenters. The zero-order valence-electron chi connectivity index (χ0n) is 11.3. The van der Waals surface area contributed by atoms with E-state index in [9.17, 15) is 4.39 Å². The molecule has 0 saturated carbocycles. The number of nitrogens with one attached hydrogen (secondary N) is 1. The van der Waals surface area contributed by atoms with Gasteiger partial charge in [-0.1, -0.05) is 0 Å². The van der Waals surface area contributed by atoms with E-state index in [0.717, 1.165) is 6.42 Å². The molecule has 0 aliphatic heterocycles. The number of hydrogen-bond acceptors (Lipinski definition) is 3. The topological polar surface area (TPSA) is 45.0 Å². The smallest absolute Gasteiger partial charge is 0.129 e. The molecule has 0 unspecified atom stereocenters. The Hall–Kier alpha value is -1.60. The van der Waals surface area contributed by atoms with Crippen molar-refractivity contribution >= 4 is 5.69 Å². The van der Waals surface area contributed by atoms with E-state index < -0.39 is 0 Å². The molecule has 18 heavy (non-hydrogen) atoms. The lowest BCUT2D eigenvalue weighted by Crippen LogP contribution is -2.25. The van der Waals surface area contributed by atoms with Crippen molar-refractivity contribution in [1.82, 2.24) is 0 Å². The van der Waals surface area contributed by atoms with E-state index in [0.29, 0.717) is 23.4 Å². The van der Waals surface area contributed by atoms with Gasteiger partial charge in [-0.05, 0) is 39.3 Å². The highest BCUT2D eigenvalue weighted by atomic mass is 19.1. The van der Waals surface area contributed by atoms with Gasteiger partial charge in [0, 0.05) is 24.9 Å². The summed E-state index contributed by atoms with van der Waals surface area (Å²) < 4.78 is 18.8. The van der Waals surface area contributed by atoms with Gasteiger partial charge in [-0.15, -0.1) is 0 Å². The minimum absolute atomic E-state index is 0.216. The fourth-order valence-corrected chi connectivity index (χ4v) is 1.53. The molecule has 3 nitrogen and oxygen atoms in total. The van der Waals surface area contributed by atoms with Crippen molar-refractivity contribution in [1.29, 1.82) is 5.26 Å². The van der Waals surface area contributed by atoms with Gasteiger partial charge in [-0.2, -0.15) is 5.26 Å². The van der Waals surface area contributed by atoms with Crippen LogP contribution < -0.4 is 5.32 Å². The minimum Gasteiger partial charge on any atom is -0.385 e. The largest absolute Gasteiger partial charge is 0.385 e. The van der Waals surface area contributed by atoms with Crippen molar-refractivity contribution in [2.24, 2.45) is 0 Å². The summed E-state index contributed by atoms with van der Waals surface area (Å²) in [5.41, 5.74) is 1.31. The molecule has 1 aromatic carbocycles. The molecule has 0 aliphatic carbocycles. The van der Waals surface area contributed by atoms with E-state index in [4.69, 9.17) is 10.00 Å². The van der Waals surface area contributed by atoms with Gasteiger partial charge in [0.25, 0.3) is 0 Å². The van der Waals surface area contributed by atoms with Gasteiger partial charge in [0.2, 0.25) is 0 Å².